The summed E-state index contributed by atoms with van der Waals surface area (Å²) in [6.07, 6.45) is 3.63. The van der Waals surface area contributed by atoms with E-state index in [4.69, 9.17) is 0 Å². The summed E-state index contributed by atoms with van der Waals surface area (Å²) in [5.41, 5.74) is 6.03. The molecule has 27 heavy (non-hydrogen) atoms. The highest BCUT2D eigenvalue weighted by Gasteiger charge is 2.38. The third kappa shape index (κ3) is 2.74. The van der Waals surface area contributed by atoms with Gasteiger partial charge in [-0.25, -0.2) is 4.79 Å². The molecule has 0 aromatic heterocycles. The number of para-hydroxylation sites is 1. The highest BCUT2D eigenvalue weighted by atomic mass is 16.2. The van der Waals surface area contributed by atoms with E-state index in [2.05, 4.69) is 54.4 Å². The van der Waals surface area contributed by atoms with E-state index < -0.39 is 0 Å². The maximum absolute atomic E-state index is 13.1. The van der Waals surface area contributed by atoms with Gasteiger partial charge >= 0.3 is 6.03 Å². The van der Waals surface area contributed by atoms with Crippen LogP contribution >= 0.6 is 0 Å². The highest BCUT2D eigenvalue weighted by Crippen LogP contribution is 2.41. The Morgan fingerprint density at radius 2 is 2.00 bits per heavy atom. The molecule has 2 aromatic carbocycles. The van der Waals surface area contributed by atoms with E-state index in [1.807, 2.05) is 17.0 Å². The van der Waals surface area contributed by atoms with Gasteiger partial charge in [-0.1, -0.05) is 38.1 Å². The zero-order valence-electron chi connectivity index (χ0n) is 16.2. The number of carbonyl (C=O) groups is 1. The molecule has 0 bridgehead atoms. The lowest BCUT2D eigenvalue weighted by Gasteiger charge is -2.32. The molecule has 2 aromatic rings. The number of anilines is 2. The Morgan fingerprint density at radius 3 is 2.89 bits per heavy atom. The van der Waals surface area contributed by atoms with E-state index in [1.54, 1.807) is 0 Å². The molecule has 3 aliphatic rings. The van der Waals surface area contributed by atoms with E-state index in [1.165, 1.54) is 42.6 Å². The summed E-state index contributed by atoms with van der Waals surface area (Å²) in [4.78, 5) is 17.5. The van der Waals surface area contributed by atoms with Crippen molar-refractivity contribution in [2.75, 3.05) is 29.9 Å². The van der Waals surface area contributed by atoms with Crippen LogP contribution in [0.15, 0.2) is 42.5 Å². The van der Waals surface area contributed by atoms with Crippen LogP contribution < -0.4 is 10.2 Å². The van der Waals surface area contributed by atoms with Crippen LogP contribution in [0.1, 0.15) is 49.4 Å². The van der Waals surface area contributed by atoms with Crippen LogP contribution in [0.4, 0.5) is 16.2 Å². The second-order valence-corrected chi connectivity index (χ2v) is 8.77. The third-order valence-corrected chi connectivity index (χ3v) is 6.51. The van der Waals surface area contributed by atoms with Crippen LogP contribution in [-0.4, -0.2) is 30.6 Å². The first-order valence-corrected chi connectivity index (χ1v) is 10.1. The lowest BCUT2D eigenvalue weighted by molar-refractivity contribution is 0.244. The fourth-order valence-electron chi connectivity index (χ4n) is 5.14. The van der Waals surface area contributed by atoms with Gasteiger partial charge in [0.2, 0.25) is 0 Å². The molecule has 4 nitrogen and oxygen atoms in total. The van der Waals surface area contributed by atoms with E-state index in [9.17, 15) is 4.79 Å². The number of benzene rings is 2. The molecule has 4 heteroatoms. The number of carbonyl (C=O) groups excluding carboxylic acids is 1. The van der Waals surface area contributed by atoms with Crippen molar-refractivity contribution in [1.29, 1.82) is 0 Å². The minimum Gasteiger partial charge on any atom is -0.308 e. The van der Waals surface area contributed by atoms with Gasteiger partial charge in [0.25, 0.3) is 0 Å². The van der Waals surface area contributed by atoms with Crippen molar-refractivity contribution >= 4 is 17.4 Å². The van der Waals surface area contributed by atoms with Gasteiger partial charge < -0.3 is 5.32 Å². The summed E-state index contributed by atoms with van der Waals surface area (Å²) in [6, 6.07) is 15.2. The lowest BCUT2D eigenvalue weighted by atomic mass is 9.87. The molecule has 1 unspecified atom stereocenters. The van der Waals surface area contributed by atoms with Gasteiger partial charge in [-0.3, -0.25) is 9.80 Å². The fraction of sp³-hybridized carbons (Fsp3) is 0.435. The second-order valence-electron chi connectivity index (χ2n) is 8.77. The fourth-order valence-corrected chi connectivity index (χ4v) is 5.14. The van der Waals surface area contributed by atoms with Gasteiger partial charge in [-0.05, 0) is 60.7 Å². The van der Waals surface area contributed by atoms with Crippen LogP contribution in [0.25, 0.3) is 0 Å². The zero-order valence-corrected chi connectivity index (χ0v) is 16.2. The lowest BCUT2D eigenvalue weighted by Crippen LogP contribution is -2.37. The first kappa shape index (κ1) is 16.8. The van der Waals surface area contributed by atoms with Crippen LogP contribution in [0, 0.1) is 0 Å². The van der Waals surface area contributed by atoms with Crippen LogP contribution in [0.5, 0.6) is 0 Å². The average molecular weight is 361 g/mol. The number of fused-ring (bicyclic) bond motifs is 4. The molecule has 1 saturated heterocycles. The summed E-state index contributed by atoms with van der Waals surface area (Å²) < 4.78 is 0. The molecule has 3 heterocycles. The topological polar surface area (TPSA) is 35.6 Å². The number of urea groups is 1. The van der Waals surface area contributed by atoms with Crippen LogP contribution in [-0.2, 0) is 11.8 Å². The molecule has 1 atom stereocenters. The van der Waals surface area contributed by atoms with E-state index in [-0.39, 0.29) is 11.4 Å². The molecule has 0 radical (unpaired) electrons. The Labute approximate surface area is 161 Å². The summed E-state index contributed by atoms with van der Waals surface area (Å²) >= 11 is 0. The Hall–Kier alpha value is -2.33. The van der Waals surface area contributed by atoms with E-state index in [0.29, 0.717) is 12.6 Å². The molecule has 0 aliphatic carbocycles. The Morgan fingerprint density at radius 1 is 1.15 bits per heavy atom. The van der Waals surface area contributed by atoms with Crippen molar-refractivity contribution in [2.45, 2.75) is 44.6 Å². The molecule has 1 fully saturated rings. The predicted octanol–water partition coefficient (Wildman–Crippen LogP) is 4.71. The maximum Gasteiger partial charge on any atom is 0.326 e. The first-order valence-electron chi connectivity index (χ1n) is 10.1. The van der Waals surface area contributed by atoms with Crippen molar-refractivity contribution < 1.29 is 4.79 Å². The molecule has 140 valence electrons. The number of nitrogens with one attached hydrogen (secondary N) is 1. The van der Waals surface area contributed by atoms with Crippen molar-refractivity contribution in [3.8, 4) is 0 Å². The van der Waals surface area contributed by atoms with Crippen molar-refractivity contribution in [2.24, 2.45) is 0 Å². The van der Waals surface area contributed by atoms with Crippen LogP contribution in [0.2, 0.25) is 0 Å². The van der Waals surface area contributed by atoms with Gasteiger partial charge in [0.05, 0.1) is 0 Å². The van der Waals surface area contributed by atoms with Crippen molar-refractivity contribution in [3.05, 3.63) is 59.2 Å². The molecule has 1 N–H and O–H groups in total. The van der Waals surface area contributed by atoms with Crippen molar-refractivity contribution in [1.82, 2.24) is 4.90 Å². The van der Waals surface area contributed by atoms with Gasteiger partial charge in [-0.15, -0.1) is 0 Å². The Balaban J connectivity index is 1.40. The molecule has 3 aliphatic heterocycles. The quantitative estimate of drug-likeness (QED) is 0.798. The molecule has 0 spiro atoms. The van der Waals surface area contributed by atoms with E-state index in [0.717, 1.165) is 17.8 Å². The molecular formula is C23H27N3O. The monoisotopic (exact) mass is 361 g/mol. The number of hydrogen-bond acceptors (Lipinski definition) is 2. The Bertz CT molecular complexity index is 904. The van der Waals surface area contributed by atoms with Crippen molar-refractivity contribution in [3.63, 3.8) is 0 Å². The zero-order chi connectivity index (χ0) is 18.6. The number of rotatable bonds is 1. The number of hydrogen-bond donors (Lipinski definition) is 1. The van der Waals surface area contributed by atoms with Gasteiger partial charge in [0.15, 0.2) is 0 Å². The van der Waals surface area contributed by atoms with E-state index >= 15 is 0 Å². The first-order chi connectivity index (χ1) is 13.0. The van der Waals surface area contributed by atoms with Gasteiger partial charge in [0.1, 0.15) is 0 Å². The number of amides is 2. The molecule has 0 saturated carbocycles. The van der Waals surface area contributed by atoms with Gasteiger partial charge in [-0.2, -0.15) is 0 Å². The molecular weight excluding hydrogens is 334 g/mol. The maximum atomic E-state index is 13.1. The summed E-state index contributed by atoms with van der Waals surface area (Å²) in [5, 5.41) is 3.16. The summed E-state index contributed by atoms with van der Waals surface area (Å²) in [5.74, 6) is 0. The summed E-state index contributed by atoms with van der Waals surface area (Å²) in [6.45, 7) is 7.49. The largest absolute Gasteiger partial charge is 0.326 e. The SMILES string of the molecule is CC1(C)CN(C(=O)Nc2ccc3c(c2)C2CCCN2CC3)c2ccccc21. The second kappa shape index (κ2) is 6.10. The average Bonchev–Trinajstić information content (AvgIpc) is 3.25. The smallest absolute Gasteiger partial charge is 0.308 e. The minimum atomic E-state index is -0.0351. The predicted molar refractivity (Wildman–Crippen MR) is 110 cm³/mol. The standard InChI is InChI=1S/C23H27N3O/c1-23(2)15-26(21-7-4-3-6-19(21)23)22(27)24-17-10-9-16-11-13-25-12-5-8-20(25)18(16)14-17/h3-4,6-7,9-10,14,20H,5,8,11-13,15H2,1-2H3,(H,24,27). The highest BCUT2D eigenvalue weighted by molar-refractivity contribution is 6.03. The van der Waals surface area contributed by atoms with Gasteiger partial charge in [0, 0.05) is 35.9 Å². The molecule has 5 rings (SSSR count). The third-order valence-electron chi connectivity index (χ3n) is 6.51. The Kier molecular flexibility index (Phi) is 3.80. The summed E-state index contributed by atoms with van der Waals surface area (Å²) in [7, 11) is 0. The number of nitrogens with zero attached hydrogens (tertiary/aromatic N) is 2. The molecule has 2 amide bonds. The minimum absolute atomic E-state index is 0.0197. The van der Waals surface area contributed by atoms with Crippen LogP contribution in [0.3, 0.4) is 0 Å². The normalized spacial score (nSPS) is 22.9.